The highest BCUT2D eigenvalue weighted by Gasteiger charge is 2.36. The zero-order valence-electron chi connectivity index (χ0n) is 32.5. The van der Waals surface area contributed by atoms with Gasteiger partial charge in [-0.25, -0.2) is 15.0 Å². The van der Waals surface area contributed by atoms with Gasteiger partial charge in [-0.2, -0.15) is 0 Å². The molecule has 5 heteroatoms. The average Bonchev–Trinajstić information content (AvgIpc) is 3.92. The number of aromatic nitrogens is 4. The van der Waals surface area contributed by atoms with Gasteiger partial charge >= 0.3 is 0 Å². The first-order valence-electron chi connectivity index (χ1n) is 20.1. The van der Waals surface area contributed by atoms with Gasteiger partial charge in [-0.05, 0) is 69.8 Å². The molecule has 5 nitrogen and oxygen atoms in total. The Hall–Kier alpha value is -7.63. The first-order chi connectivity index (χ1) is 29.0. The largest absolute Gasteiger partial charge is 0.455 e. The van der Waals surface area contributed by atoms with E-state index in [4.69, 9.17) is 19.4 Å². The van der Waals surface area contributed by atoms with Crippen molar-refractivity contribution < 1.29 is 4.42 Å². The third-order valence-electron chi connectivity index (χ3n) is 12.3. The van der Waals surface area contributed by atoms with Crippen molar-refractivity contribution in [2.24, 2.45) is 0 Å². The summed E-state index contributed by atoms with van der Waals surface area (Å²) in [5.74, 6) is 1.75. The van der Waals surface area contributed by atoms with Crippen LogP contribution in [0.5, 0.6) is 0 Å². The van der Waals surface area contributed by atoms with E-state index in [0.717, 1.165) is 66.5 Å². The Balaban J connectivity index is 1.10. The fraction of sp³-hybridized carbons (Fsp3) is 0.0556. The quantitative estimate of drug-likeness (QED) is 0.175. The van der Waals surface area contributed by atoms with Gasteiger partial charge in [-0.3, -0.25) is 0 Å². The van der Waals surface area contributed by atoms with E-state index in [1.807, 2.05) is 48.5 Å². The Morgan fingerprint density at radius 2 is 1.02 bits per heavy atom. The van der Waals surface area contributed by atoms with Gasteiger partial charge in [0, 0.05) is 32.7 Å². The molecule has 0 atom stereocenters. The monoisotopic (exact) mass is 756 g/mol. The van der Waals surface area contributed by atoms with Crippen molar-refractivity contribution in [3.05, 3.63) is 193 Å². The van der Waals surface area contributed by atoms with E-state index >= 15 is 0 Å². The molecule has 12 rings (SSSR count). The molecule has 8 aromatic carbocycles. The van der Waals surface area contributed by atoms with Crippen LogP contribution in [0.2, 0.25) is 0 Å². The van der Waals surface area contributed by atoms with E-state index in [1.54, 1.807) is 0 Å². The minimum Gasteiger partial charge on any atom is -0.455 e. The summed E-state index contributed by atoms with van der Waals surface area (Å²) in [5.41, 5.74) is 15.0. The topological polar surface area (TPSA) is 56.7 Å². The highest BCUT2D eigenvalue weighted by atomic mass is 16.3. The van der Waals surface area contributed by atoms with Gasteiger partial charge in [0.05, 0.1) is 27.7 Å². The fourth-order valence-corrected chi connectivity index (χ4v) is 9.38. The van der Waals surface area contributed by atoms with E-state index in [-0.39, 0.29) is 5.41 Å². The van der Waals surface area contributed by atoms with Crippen molar-refractivity contribution in [2.45, 2.75) is 19.3 Å². The number of nitrogens with zero attached hydrogens (tertiary/aromatic N) is 4. The third-order valence-corrected chi connectivity index (χ3v) is 12.3. The van der Waals surface area contributed by atoms with Gasteiger partial charge in [0.15, 0.2) is 17.5 Å². The van der Waals surface area contributed by atoms with Crippen LogP contribution in [0.15, 0.2) is 186 Å². The molecule has 3 heterocycles. The maximum Gasteiger partial charge on any atom is 0.167 e. The van der Waals surface area contributed by atoms with Crippen molar-refractivity contribution in [3.63, 3.8) is 0 Å². The Morgan fingerprint density at radius 3 is 1.80 bits per heavy atom. The summed E-state index contributed by atoms with van der Waals surface area (Å²) in [5, 5.41) is 4.49. The first kappa shape index (κ1) is 33.5. The Kier molecular flexibility index (Phi) is 7.20. The zero-order chi connectivity index (χ0) is 39.2. The lowest BCUT2D eigenvalue weighted by Gasteiger charge is -2.21. The lowest BCUT2D eigenvalue weighted by Crippen LogP contribution is -2.15. The van der Waals surface area contributed by atoms with Gasteiger partial charge in [0.25, 0.3) is 0 Å². The maximum absolute atomic E-state index is 6.89. The van der Waals surface area contributed by atoms with Crippen LogP contribution in [0, 0.1) is 0 Å². The number of hydrogen-bond acceptors (Lipinski definition) is 4. The van der Waals surface area contributed by atoms with Gasteiger partial charge in [-0.1, -0.05) is 159 Å². The molecule has 0 N–H and O–H groups in total. The molecule has 0 fully saturated rings. The molecule has 59 heavy (non-hydrogen) atoms. The van der Waals surface area contributed by atoms with Crippen LogP contribution in [-0.2, 0) is 5.41 Å². The predicted octanol–water partition coefficient (Wildman–Crippen LogP) is 13.8. The predicted molar refractivity (Wildman–Crippen MR) is 241 cm³/mol. The van der Waals surface area contributed by atoms with Crippen LogP contribution in [0.4, 0.5) is 0 Å². The van der Waals surface area contributed by atoms with E-state index in [2.05, 4.69) is 152 Å². The molecule has 3 aromatic heterocycles. The molecular formula is C54H36N4O. The van der Waals surface area contributed by atoms with Crippen molar-refractivity contribution in [2.75, 3.05) is 0 Å². The van der Waals surface area contributed by atoms with Gasteiger partial charge < -0.3 is 8.98 Å². The molecule has 0 aliphatic heterocycles. The number of hydrogen-bond donors (Lipinski definition) is 0. The third kappa shape index (κ3) is 5.08. The van der Waals surface area contributed by atoms with Crippen molar-refractivity contribution in [1.29, 1.82) is 0 Å². The van der Waals surface area contributed by atoms with Gasteiger partial charge in [0.1, 0.15) is 11.2 Å². The molecule has 0 saturated carbocycles. The smallest absolute Gasteiger partial charge is 0.167 e. The summed E-state index contributed by atoms with van der Waals surface area (Å²) in [4.78, 5) is 15.4. The summed E-state index contributed by atoms with van der Waals surface area (Å²) in [6, 6.07) is 64.1. The molecular weight excluding hydrogens is 721 g/mol. The second kappa shape index (κ2) is 12.7. The number of furan rings is 1. The summed E-state index contributed by atoms with van der Waals surface area (Å²) in [6.07, 6.45) is 0. The zero-order valence-corrected chi connectivity index (χ0v) is 32.5. The Labute approximate surface area is 340 Å². The van der Waals surface area contributed by atoms with Gasteiger partial charge in [0.2, 0.25) is 0 Å². The summed E-state index contributed by atoms with van der Waals surface area (Å²) in [7, 11) is 0. The van der Waals surface area contributed by atoms with Crippen LogP contribution < -0.4 is 0 Å². The van der Waals surface area contributed by atoms with Crippen LogP contribution in [-0.4, -0.2) is 19.5 Å². The van der Waals surface area contributed by atoms with Crippen LogP contribution >= 0.6 is 0 Å². The van der Waals surface area contributed by atoms with Crippen LogP contribution in [0.3, 0.4) is 0 Å². The first-order valence-corrected chi connectivity index (χ1v) is 20.1. The molecule has 11 aromatic rings. The standard InChI is InChI=1S/C54H36N4O/c1-54(2)43-22-12-9-19-37(43)41-31-42-38-20-10-13-23-45(38)58(47(42)32-44(41)54)46-30-29-40(50-49(46)39-21-11-14-24-48(39)59-50)53-56-51(35-17-7-4-8-18-35)55-52(57-53)36-27-25-34(26-28-36)33-15-5-3-6-16-33/h3-32H,1-2H3. The Morgan fingerprint density at radius 1 is 0.424 bits per heavy atom. The average molecular weight is 757 g/mol. The minimum atomic E-state index is -0.141. The van der Waals surface area contributed by atoms with E-state index in [9.17, 15) is 0 Å². The summed E-state index contributed by atoms with van der Waals surface area (Å²) in [6.45, 7) is 4.69. The molecule has 1 aliphatic carbocycles. The number of para-hydroxylation sites is 2. The lowest BCUT2D eigenvalue weighted by molar-refractivity contribution is 0.661. The fourth-order valence-electron chi connectivity index (χ4n) is 9.38. The van der Waals surface area contributed by atoms with Crippen LogP contribution in [0.1, 0.15) is 25.0 Å². The second-order valence-corrected chi connectivity index (χ2v) is 16.0. The normalized spacial score (nSPS) is 13.1. The number of benzene rings is 8. The lowest BCUT2D eigenvalue weighted by atomic mass is 9.82. The summed E-state index contributed by atoms with van der Waals surface area (Å²) >= 11 is 0. The van der Waals surface area contributed by atoms with Crippen molar-refractivity contribution in [3.8, 4) is 62.1 Å². The molecule has 1 aliphatic rings. The van der Waals surface area contributed by atoms with Crippen LogP contribution in [0.25, 0.3) is 106 Å². The number of fused-ring (bicyclic) bond motifs is 9. The highest BCUT2D eigenvalue weighted by Crippen LogP contribution is 2.51. The maximum atomic E-state index is 6.89. The van der Waals surface area contributed by atoms with E-state index < -0.39 is 0 Å². The molecule has 0 saturated heterocycles. The van der Waals surface area contributed by atoms with Gasteiger partial charge in [-0.15, -0.1) is 0 Å². The SMILES string of the molecule is CC1(C)c2ccccc2-c2cc3c4ccccc4n(-c4ccc(-c5nc(-c6ccccc6)nc(-c6ccc(-c7ccccc7)cc6)n5)c5oc6ccccc6c45)c3cc21. The van der Waals surface area contributed by atoms with Crippen molar-refractivity contribution >= 4 is 43.7 Å². The molecule has 0 radical (unpaired) electrons. The molecule has 0 unspecified atom stereocenters. The molecule has 278 valence electrons. The number of rotatable bonds is 5. The van der Waals surface area contributed by atoms with E-state index in [0.29, 0.717) is 17.5 Å². The molecule has 0 amide bonds. The minimum absolute atomic E-state index is 0.141. The second-order valence-electron chi connectivity index (χ2n) is 16.0. The highest BCUT2D eigenvalue weighted by molar-refractivity contribution is 6.17. The van der Waals surface area contributed by atoms with E-state index in [1.165, 1.54) is 33.0 Å². The van der Waals surface area contributed by atoms with Crippen molar-refractivity contribution in [1.82, 2.24) is 19.5 Å². The Bertz CT molecular complexity index is 3450. The molecule has 0 bridgehead atoms. The summed E-state index contributed by atoms with van der Waals surface area (Å²) < 4.78 is 9.32. The molecule has 0 spiro atoms.